The maximum Gasteiger partial charge on any atom is 0.337 e. The number of nitrogens with zero attached hydrogens (tertiary/aromatic N) is 3. The number of nitrogens with one attached hydrogen (secondary N) is 2. The van der Waals surface area contributed by atoms with Crippen molar-refractivity contribution in [2.24, 2.45) is 0 Å². The lowest BCUT2D eigenvalue weighted by Crippen LogP contribution is -2.24. The van der Waals surface area contributed by atoms with Crippen molar-refractivity contribution in [2.75, 3.05) is 12.4 Å². The minimum atomic E-state index is -0.545. The number of aromatic nitrogens is 3. The highest BCUT2D eigenvalue weighted by Gasteiger charge is 2.13. The Bertz CT molecular complexity index is 1030. The van der Waals surface area contributed by atoms with E-state index in [0.29, 0.717) is 16.9 Å². The molecule has 3 aromatic rings. The van der Waals surface area contributed by atoms with Gasteiger partial charge < -0.3 is 15.4 Å². The molecule has 0 unspecified atom stereocenters. The van der Waals surface area contributed by atoms with Gasteiger partial charge in [-0.2, -0.15) is 5.10 Å². The Balaban J connectivity index is 1.73. The molecule has 29 heavy (non-hydrogen) atoms. The summed E-state index contributed by atoms with van der Waals surface area (Å²) in [4.78, 5) is 40.6. The van der Waals surface area contributed by atoms with E-state index in [1.165, 1.54) is 29.2 Å². The van der Waals surface area contributed by atoms with Crippen molar-refractivity contribution in [3.8, 4) is 0 Å². The summed E-state index contributed by atoms with van der Waals surface area (Å²) in [5, 5.41) is 11.9. The van der Waals surface area contributed by atoms with E-state index in [1.54, 1.807) is 36.0 Å². The van der Waals surface area contributed by atoms with Crippen molar-refractivity contribution < 1.29 is 19.1 Å². The van der Waals surface area contributed by atoms with Crippen molar-refractivity contribution in [1.82, 2.24) is 20.1 Å². The lowest BCUT2D eigenvalue weighted by molar-refractivity contribution is -0.116. The van der Waals surface area contributed by atoms with E-state index in [2.05, 4.69) is 20.7 Å². The van der Waals surface area contributed by atoms with Gasteiger partial charge in [0.05, 0.1) is 17.7 Å². The zero-order chi connectivity index (χ0) is 20.8. The van der Waals surface area contributed by atoms with Gasteiger partial charge in [0.2, 0.25) is 5.91 Å². The van der Waals surface area contributed by atoms with Gasteiger partial charge in [0, 0.05) is 30.0 Å². The second kappa shape index (κ2) is 9.11. The largest absolute Gasteiger partial charge is 0.465 e. The number of rotatable bonds is 7. The molecule has 1 aromatic carbocycles. The molecule has 2 amide bonds. The fourth-order valence-electron chi connectivity index (χ4n) is 2.58. The molecule has 0 fully saturated rings. The predicted octanol–water partition coefficient (Wildman–Crippen LogP) is 2.00. The van der Waals surface area contributed by atoms with Gasteiger partial charge >= 0.3 is 5.97 Å². The number of esters is 1. The first-order valence-corrected chi connectivity index (χ1v) is 9.52. The van der Waals surface area contributed by atoms with E-state index in [0.717, 1.165) is 5.01 Å². The second-order valence-corrected chi connectivity index (χ2v) is 7.16. The Morgan fingerprint density at radius 2 is 2.07 bits per heavy atom. The minimum Gasteiger partial charge on any atom is -0.465 e. The number of anilines is 1. The first kappa shape index (κ1) is 20.2. The molecule has 2 heterocycles. The molecule has 10 heteroatoms. The third kappa shape index (κ3) is 5.48. The van der Waals surface area contributed by atoms with Crippen LogP contribution in [0.2, 0.25) is 0 Å². The number of aryl methyl sites for hydroxylation is 1. The van der Waals surface area contributed by atoms with Crippen molar-refractivity contribution in [3.05, 3.63) is 63.9 Å². The number of amides is 2. The lowest BCUT2D eigenvalue weighted by Gasteiger charge is -2.11. The molecule has 0 bridgehead atoms. The Morgan fingerprint density at radius 1 is 1.24 bits per heavy atom. The summed E-state index contributed by atoms with van der Waals surface area (Å²) in [6.45, 7) is 2.01. The van der Waals surface area contributed by atoms with Crippen molar-refractivity contribution in [1.29, 1.82) is 0 Å². The van der Waals surface area contributed by atoms with E-state index in [1.807, 2.05) is 6.92 Å². The fraction of sp³-hybridized carbons (Fsp3) is 0.211. The monoisotopic (exact) mass is 413 g/mol. The molecule has 0 aliphatic carbocycles. The summed E-state index contributed by atoms with van der Waals surface area (Å²) >= 11 is 1.39. The van der Waals surface area contributed by atoms with Gasteiger partial charge in [-0.25, -0.2) is 9.78 Å². The Kier molecular flexibility index (Phi) is 6.35. The van der Waals surface area contributed by atoms with Gasteiger partial charge in [0.15, 0.2) is 0 Å². The zero-order valence-electron chi connectivity index (χ0n) is 15.8. The summed E-state index contributed by atoms with van der Waals surface area (Å²) in [6.07, 6.45) is 3.25. The van der Waals surface area contributed by atoms with Crippen LogP contribution in [-0.4, -0.2) is 39.7 Å². The van der Waals surface area contributed by atoms with Crippen molar-refractivity contribution in [2.45, 2.75) is 20.0 Å². The maximum atomic E-state index is 12.2. The van der Waals surface area contributed by atoms with Crippen LogP contribution in [0.25, 0.3) is 0 Å². The Hall–Kier alpha value is -3.53. The van der Waals surface area contributed by atoms with Gasteiger partial charge in [-0.05, 0) is 36.8 Å². The molecule has 0 radical (unpaired) electrons. The first-order chi connectivity index (χ1) is 13.9. The number of benzene rings is 1. The number of carbonyl (C=O) groups excluding carboxylic acids is 3. The highest BCUT2D eigenvalue weighted by atomic mass is 32.1. The number of methoxy groups -OCH3 is 1. The smallest absolute Gasteiger partial charge is 0.337 e. The highest BCUT2D eigenvalue weighted by Crippen LogP contribution is 2.17. The van der Waals surface area contributed by atoms with E-state index in [-0.39, 0.29) is 30.5 Å². The number of thiazole rings is 1. The minimum absolute atomic E-state index is 0.0324. The second-order valence-electron chi connectivity index (χ2n) is 6.10. The molecule has 2 N–H and O–H groups in total. The zero-order valence-corrected chi connectivity index (χ0v) is 16.7. The quantitative estimate of drug-likeness (QED) is 0.573. The molecule has 0 atom stereocenters. The molecule has 0 aliphatic heterocycles. The Morgan fingerprint density at radius 3 is 2.72 bits per heavy atom. The molecule has 0 saturated carbocycles. The van der Waals surface area contributed by atoms with Gasteiger partial charge in [-0.3, -0.25) is 14.3 Å². The van der Waals surface area contributed by atoms with Gasteiger partial charge in [-0.15, -0.1) is 11.3 Å². The van der Waals surface area contributed by atoms with Gasteiger partial charge in [-0.1, -0.05) is 0 Å². The van der Waals surface area contributed by atoms with Crippen LogP contribution in [0.3, 0.4) is 0 Å². The third-order valence-electron chi connectivity index (χ3n) is 3.87. The van der Waals surface area contributed by atoms with Crippen molar-refractivity contribution >= 4 is 34.8 Å². The topological polar surface area (TPSA) is 115 Å². The molecule has 3 rings (SSSR count). The van der Waals surface area contributed by atoms with Crippen molar-refractivity contribution in [3.63, 3.8) is 0 Å². The number of carbonyl (C=O) groups is 3. The van der Waals surface area contributed by atoms with Crippen LogP contribution in [0.5, 0.6) is 0 Å². The SMILES string of the molecule is COC(=O)c1cc(CNC(=O)c2csc(C)n2)cc(NC(=O)Cn2cccn2)c1. The molecule has 2 aromatic heterocycles. The molecule has 9 nitrogen and oxygen atoms in total. The number of hydrogen-bond acceptors (Lipinski definition) is 7. The summed E-state index contributed by atoms with van der Waals surface area (Å²) in [7, 11) is 1.28. The lowest BCUT2D eigenvalue weighted by atomic mass is 10.1. The van der Waals surface area contributed by atoms with E-state index >= 15 is 0 Å². The van der Waals surface area contributed by atoms with E-state index in [9.17, 15) is 14.4 Å². The summed E-state index contributed by atoms with van der Waals surface area (Å²) in [6, 6.07) is 6.51. The van der Waals surface area contributed by atoms with Crippen LogP contribution in [0.1, 0.15) is 31.4 Å². The van der Waals surface area contributed by atoms with Gasteiger partial charge in [0.1, 0.15) is 12.2 Å². The third-order valence-corrected chi connectivity index (χ3v) is 4.64. The van der Waals surface area contributed by atoms with Gasteiger partial charge in [0.25, 0.3) is 5.91 Å². The molecule has 0 spiro atoms. The maximum absolute atomic E-state index is 12.2. The van der Waals surface area contributed by atoms with Crippen LogP contribution in [-0.2, 0) is 22.6 Å². The average molecular weight is 413 g/mol. The van der Waals surface area contributed by atoms with Crippen LogP contribution in [0.15, 0.2) is 42.0 Å². The van der Waals surface area contributed by atoms with Crippen LogP contribution in [0, 0.1) is 6.92 Å². The molecule has 0 saturated heterocycles. The molecular formula is C19H19N5O4S. The van der Waals surface area contributed by atoms with Crippen LogP contribution < -0.4 is 10.6 Å². The average Bonchev–Trinajstić information content (AvgIpc) is 3.36. The molecule has 150 valence electrons. The van der Waals surface area contributed by atoms with E-state index in [4.69, 9.17) is 4.74 Å². The molecule has 0 aliphatic rings. The summed E-state index contributed by atoms with van der Waals surface area (Å²) < 4.78 is 6.26. The summed E-state index contributed by atoms with van der Waals surface area (Å²) in [5.74, 6) is -1.17. The standard InChI is InChI=1S/C19H19N5O4S/c1-12-22-16(11-29-12)18(26)20-9-13-6-14(19(27)28-2)8-15(7-13)23-17(25)10-24-5-3-4-21-24/h3-8,11H,9-10H2,1-2H3,(H,20,26)(H,23,25). The molecular weight excluding hydrogens is 394 g/mol. The van der Waals surface area contributed by atoms with Crippen LogP contribution >= 0.6 is 11.3 Å². The first-order valence-electron chi connectivity index (χ1n) is 8.64. The predicted molar refractivity (Wildman–Crippen MR) is 107 cm³/mol. The number of hydrogen-bond donors (Lipinski definition) is 2. The number of ether oxygens (including phenoxy) is 1. The Labute approximate surface area is 170 Å². The normalized spacial score (nSPS) is 10.4. The fourth-order valence-corrected chi connectivity index (χ4v) is 3.18. The van der Waals surface area contributed by atoms with Crippen LogP contribution in [0.4, 0.5) is 5.69 Å². The summed E-state index contributed by atoms with van der Waals surface area (Å²) in [5.41, 5.74) is 1.64. The van der Waals surface area contributed by atoms with E-state index < -0.39 is 5.97 Å². The highest BCUT2D eigenvalue weighted by molar-refractivity contribution is 7.09.